The molecular weight excluding hydrogens is 313 g/mol. The summed E-state index contributed by atoms with van der Waals surface area (Å²) in [6.07, 6.45) is -2.54. The number of hydrogen-bond donors (Lipinski definition) is 1. The first-order chi connectivity index (χ1) is 10.4. The number of aromatic amines is 1. The minimum Gasteiger partial charge on any atom is -0.297 e. The molecule has 0 saturated carbocycles. The second-order valence-corrected chi connectivity index (χ2v) is 6.70. The quantitative estimate of drug-likeness (QED) is 0.936. The molecule has 120 valence electrons. The SMILES string of the molecule is Cc1nc(CN2CCC[C@H](c3cc(C(F)(F)F)n[nH]3)C2)cs1. The van der Waals surface area contributed by atoms with Gasteiger partial charge < -0.3 is 0 Å². The van der Waals surface area contributed by atoms with E-state index in [0.717, 1.165) is 49.2 Å². The average molecular weight is 330 g/mol. The fourth-order valence-corrected chi connectivity index (χ4v) is 3.46. The second kappa shape index (κ2) is 6.00. The molecule has 0 spiro atoms. The minimum absolute atomic E-state index is 0.0667. The Balaban J connectivity index is 1.66. The summed E-state index contributed by atoms with van der Waals surface area (Å²) in [5, 5.41) is 9.03. The molecule has 22 heavy (non-hydrogen) atoms. The van der Waals surface area contributed by atoms with E-state index in [1.807, 2.05) is 12.3 Å². The third kappa shape index (κ3) is 3.49. The number of nitrogens with zero attached hydrogens (tertiary/aromatic N) is 3. The lowest BCUT2D eigenvalue weighted by Gasteiger charge is -2.31. The summed E-state index contributed by atoms with van der Waals surface area (Å²) in [5.74, 6) is 0.0667. The zero-order valence-corrected chi connectivity index (χ0v) is 13.0. The van der Waals surface area contributed by atoms with Crippen molar-refractivity contribution in [3.05, 3.63) is 33.5 Å². The first-order valence-corrected chi connectivity index (χ1v) is 8.05. The first kappa shape index (κ1) is 15.5. The van der Waals surface area contributed by atoms with Crippen LogP contribution in [0.15, 0.2) is 11.4 Å². The van der Waals surface area contributed by atoms with Gasteiger partial charge in [0.25, 0.3) is 0 Å². The highest BCUT2D eigenvalue weighted by Gasteiger charge is 2.35. The molecule has 0 unspecified atom stereocenters. The highest BCUT2D eigenvalue weighted by Crippen LogP contribution is 2.32. The summed E-state index contributed by atoms with van der Waals surface area (Å²) in [6, 6.07) is 1.14. The molecule has 1 aliphatic rings. The smallest absolute Gasteiger partial charge is 0.297 e. The largest absolute Gasteiger partial charge is 0.435 e. The van der Waals surface area contributed by atoms with Crippen LogP contribution in [0.2, 0.25) is 0 Å². The summed E-state index contributed by atoms with van der Waals surface area (Å²) in [5.41, 5.74) is 0.768. The van der Waals surface area contributed by atoms with Crippen LogP contribution in [0.5, 0.6) is 0 Å². The van der Waals surface area contributed by atoms with Gasteiger partial charge in [-0.1, -0.05) is 0 Å². The lowest BCUT2D eigenvalue weighted by Crippen LogP contribution is -2.34. The highest BCUT2D eigenvalue weighted by molar-refractivity contribution is 7.09. The Morgan fingerprint density at radius 1 is 1.45 bits per heavy atom. The van der Waals surface area contributed by atoms with Gasteiger partial charge >= 0.3 is 6.18 Å². The fraction of sp³-hybridized carbons (Fsp3) is 0.571. The third-order valence-electron chi connectivity index (χ3n) is 3.89. The van der Waals surface area contributed by atoms with Crippen LogP contribution >= 0.6 is 11.3 Å². The molecule has 0 radical (unpaired) electrons. The third-order valence-corrected chi connectivity index (χ3v) is 4.71. The molecule has 3 rings (SSSR count). The number of nitrogens with one attached hydrogen (secondary N) is 1. The number of likely N-dealkylation sites (tertiary alicyclic amines) is 1. The van der Waals surface area contributed by atoms with Crippen molar-refractivity contribution < 1.29 is 13.2 Å². The maximum atomic E-state index is 12.6. The van der Waals surface area contributed by atoms with Gasteiger partial charge in [-0.15, -0.1) is 11.3 Å². The van der Waals surface area contributed by atoms with Crippen molar-refractivity contribution >= 4 is 11.3 Å². The van der Waals surface area contributed by atoms with Crippen LogP contribution in [0.1, 0.15) is 40.8 Å². The number of halogens is 3. The van der Waals surface area contributed by atoms with Crippen molar-refractivity contribution in [2.24, 2.45) is 0 Å². The van der Waals surface area contributed by atoms with Crippen molar-refractivity contribution in [2.45, 2.75) is 38.4 Å². The predicted molar refractivity (Wildman–Crippen MR) is 77.7 cm³/mol. The molecule has 0 aliphatic carbocycles. The van der Waals surface area contributed by atoms with Gasteiger partial charge in [0.2, 0.25) is 0 Å². The Kier molecular flexibility index (Phi) is 4.22. The van der Waals surface area contributed by atoms with E-state index in [1.54, 1.807) is 11.3 Å². The molecule has 1 aliphatic heterocycles. The Morgan fingerprint density at radius 3 is 2.91 bits per heavy atom. The summed E-state index contributed by atoms with van der Waals surface area (Å²) in [4.78, 5) is 6.69. The molecule has 3 heterocycles. The summed E-state index contributed by atoms with van der Waals surface area (Å²) in [7, 11) is 0. The van der Waals surface area contributed by atoms with E-state index in [2.05, 4.69) is 20.1 Å². The molecule has 0 bridgehead atoms. The van der Waals surface area contributed by atoms with Crippen molar-refractivity contribution in [1.82, 2.24) is 20.1 Å². The van der Waals surface area contributed by atoms with Crippen LogP contribution in [0.25, 0.3) is 0 Å². The van der Waals surface area contributed by atoms with Crippen LogP contribution in [0, 0.1) is 6.92 Å². The highest BCUT2D eigenvalue weighted by atomic mass is 32.1. The van der Waals surface area contributed by atoms with Crippen molar-refractivity contribution in [3.8, 4) is 0 Å². The topological polar surface area (TPSA) is 44.8 Å². The van der Waals surface area contributed by atoms with E-state index in [1.165, 1.54) is 0 Å². The van der Waals surface area contributed by atoms with Gasteiger partial charge in [0, 0.05) is 30.1 Å². The molecule has 0 amide bonds. The van der Waals surface area contributed by atoms with Crippen LogP contribution in [-0.4, -0.2) is 33.2 Å². The number of aromatic nitrogens is 3. The Labute approximate surface area is 130 Å². The number of thiazole rings is 1. The lowest BCUT2D eigenvalue weighted by molar-refractivity contribution is -0.141. The molecule has 2 aromatic heterocycles. The molecule has 1 fully saturated rings. The Hall–Kier alpha value is -1.41. The predicted octanol–water partition coefficient (Wildman–Crippen LogP) is 3.57. The van der Waals surface area contributed by atoms with Gasteiger partial charge in [-0.25, -0.2) is 4.98 Å². The van der Waals surface area contributed by atoms with Gasteiger partial charge in [-0.2, -0.15) is 18.3 Å². The lowest BCUT2D eigenvalue weighted by atomic mass is 9.94. The van der Waals surface area contributed by atoms with E-state index < -0.39 is 11.9 Å². The Bertz CT molecular complexity index is 634. The number of hydrogen-bond acceptors (Lipinski definition) is 4. The number of aryl methyl sites for hydroxylation is 1. The maximum Gasteiger partial charge on any atom is 0.435 e. The number of H-pyrrole nitrogens is 1. The average Bonchev–Trinajstić information content (AvgIpc) is 3.08. The molecule has 0 aromatic carbocycles. The molecule has 1 atom stereocenters. The summed E-state index contributed by atoms with van der Waals surface area (Å²) in [6.45, 7) is 4.40. The van der Waals surface area contributed by atoms with Crippen LogP contribution in [-0.2, 0) is 12.7 Å². The molecule has 1 N–H and O–H groups in total. The van der Waals surface area contributed by atoms with E-state index in [0.29, 0.717) is 5.69 Å². The summed E-state index contributed by atoms with van der Waals surface area (Å²) < 4.78 is 37.9. The molecule has 8 heteroatoms. The minimum atomic E-state index is -4.39. The van der Waals surface area contributed by atoms with Crippen molar-refractivity contribution in [3.63, 3.8) is 0 Å². The molecular formula is C14H17F3N4S. The van der Waals surface area contributed by atoms with Crippen molar-refractivity contribution in [2.75, 3.05) is 13.1 Å². The number of rotatable bonds is 3. The van der Waals surface area contributed by atoms with Crippen LogP contribution in [0.4, 0.5) is 13.2 Å². The monoisotopic (exact) mass is 330 g/mol. The molecule has 4 nitrogen and oxygen atoms in total. The van der Waals surface area contributed by atoms with Crippen LogP contribution < -0.4 is 0 Å². The zero-order chi connectivity index (χ0) is 15.7. The fourth-order valence-electron chi connectivity index (χ4n) is 2.85. The van der Waals surface area contributed by atoms with E-state index in [-0.39, 0.29) is 5.92 Å². The molecule has 2 aromatic rings. The van der Waals surface area contributed by atoms with Gasteiger partial charge in [0.1, 0.15) is 0 Å². The standard InChI is InChI=1S/C14H17F3N4S/c1-9-18-11(8-22-9)7-21-4-2-3-10(6-21)12-5-13(20-19-12)14(15,16)17/h5,8,10H,2-4,6-7H2,1H3,(H,19,20)/t10-/m0/s1. The van der Waals surface area contributed by atoms with Gasteiger partial charge in [-0.05, 0) is 32.4 Å². The van der Waals surface area contributed by atoms with Gasteiger partial charge in [-0.3, -0.25) is 10.00 Å². The second-order valence-electron chi connectivity index (χ2n) is 5.64. The Morgan fingerprint density at radius 2 is 2.27 bits per heavy atom. The number of alkyl halides is 3. The van der Waals surface area contributed by atoms with E-state index in [9.17, 15) is 13.2 Å². The van der Waals surface area contributed by atoms with Gasteiger partial charge in [0.05, 0.1) is 10.7 Å². The molecule has 1 saturated heterocycles. The van der Waals surface area contributed by atoms with Crippen LogP contribution in [0.3, 0.4) is 0 Å². The zero-order valence-electron chi connectivity index (χ0n) is 12.2. The summed E-state index contributed by atoms with van der Waals surface area (Å²) >= 11 is 1.62. The van der Waals surface area contributed by atoms with Gasteiger partial charge in [0.15, 0.2) is 5.69 Å². The van der Waals surface area contributed by atoms with E-state index >= 15 is 0 Å². The number of piperidine rings is 1. The van der Waals surface area contributed by atoms with Crippen molar-refractivity contribution in [1.29, 1.82) is 0 Å². The first-order valence-electron chi connectivity index (χ1n) is 7.17. The normalized spacial score (nSPS) is 20.5. The van der Waals surface area contributed by atoms with E-state index in [4.69, 9.17) is 0 Å². The maximum absolute atomic E-state index is 12.6.